The summed E-state index contributed by atoms with van der Waals surface area (Å²) in [6, 6.07) is 14.6. The molecule has 1 aromatic carbocycles. The molecule has 156 valence electrons. The first kappa shape index (κ1) is 20.1. The Kier molecular flexibility index (Phi) is 5.84. The molecular formula is C24H29N5O. The molecule has 2 N–H and O–H groups in total. The average Bonchev–Trinajstić information content (AvgIpc) is 2.75. The van der Waals surface area contributed by atoms with E-state index in [9.17, 15) is 4.79 Å². The molecule has 0 saturated heterocycles. The quantitative estimate of drug-likeness (QED) is 0.669. The molecular weight excluding hydrogens is 374 g/mol. The van der Waals surface area contributed by atoms with Gasteiger partial charge in [-0.15, -0.1) is 0 Å². The summed E-state index contributed by atoms with van der Waals surface area (Å²) >= 11 is 0. The molecule has 2 aromatic heterocycles. The number of fused-ring (bicyclic) bond motifs is 1. The van der Waals surface area contributed by atoms with Gasteiger partial charge in [0.05, 0.1) is 11.1 Å². The molecule has 2 heterocycles. The summed E-state index contributed by atoms with van der Waals surface area (Å²) in [7, 11) is 3.87. The largest absolute Gasteiger partial charge is 0.367 e. The molecule has 0 bridgehead atoms. The van der Waals surface area contributed by atoms with Crippen molar-refractivity contribution in [1.82, 2.24) is 15.3 Å². The number of nitrogens with zero attached hydrogens (tertiary/aromatic N) is 3. The average molecular weight is 404 g/mol. The number of anilines is 2. The Hall–Kier alpha value is -3.15. The number of amides is 1. The van der Waals surface area contributed by atoms with Crippen molar-refractivity contribution in [2.24, 2.45) is 0 Å². The van der Waals surface area contributed by atoms with Gasteiger partial charge in [-0.05, 0) is 62.4 Å². The van der Waals surface area contributed by atoms with Crippen LogP contribution in [0.4, 0.5) is 11.6 Å². The molecule has 30 heavy (non-hydrogen) atoms. The van der Waals surface area contributed by atoms with Crippen LogP contribution in [-0.4, -0.2) is 42.1 Å². The van der Waals surface area contributed by atoms with Crippen molar-refractivity contribution in [3.05, 3.63) is 59.8 Å². The molecule has 0 radical (unpaired) electrons. The van der Waals surface area contributed by atoms with Crippen LogP contribution >= 0.6 is 0 Å². The lowest BCUT2D eigenvalue weighted by atomic mass is 9.91. The second-order valence-electron chi connectivity index (χ2n) is 8.31. The molecule has 0 atom stereocenters. The Labute approximate surface area is 177 Å². The van der Waals surface area contributed by atoms with Gasteiger partial charge in [-0.3, -0.25) is 4.79 Å². The van der Waals surface area contributed by atoms with Crippen molar-refractivity contribution in [2.45, 2.75) is 44.7 Å². The van der Waals surface area contributed by atoms with E-state index in [-0.39, 0.29) is 11.9 Å². The molecule has 3 aromatic rings. The van der Waals surface area contributed by atoms with Crippen molar-refractivity contribution in [3.63, 3.8) is 0 Å². The summed E-state index contributed by atoms with van der Waals surface area (Å²) in [5.74, 6) is 1.73. The van der Waals surface area contributed by atoms with E-state index in [4.69, 9.17) is 4.98 Å². The van der Waals surface area contributed by atoms with Crippen LogP contribution in [-0.2, 0) is 0 Å². The molecule has 0 aliphatic heterocycles. The molecule has 1 amide bonds. The Morgan fingerprint density at radius 1 is 1.03 bits per heavy atom. The number of para-hydroxylation sites is 1. The van der Waals surface area contributed by atoms with E-state index < -0.39 is 0 Å². The Bertz CT molecular complexity index is 1020. The minimum absolute atomic E-state index is 0.0453. The fourth-order valence-electron chi connectivity index (χ4n) is 4.07. The van der Waals surface area contributed by atoms with Crippen molar-refractivity contribution < 1.29 is 4.79 Å². The lowest BCUT2D eigenvalue weighted by Gasteiger charge is -2.30. The summed E-state index contributed by atoms with van der Waals surface area (Å²) in [5, 5.41) is 7.96. The summed E-state index contributed by atoms with van der Waals surface area (Å²) < 4.78 is 0. The second-order valence-corrected chi connectivity index (χ2v) is 8.31. The van der Waals surface area contributed by atoms with Crippen LogP contribution in [0.15, 0.2) is 48.7 Å². The van der Waals surface area contributed by atoms with Crippen molar-refractivity contribution in [2.75, 3.05) is 24.3 Å². The van der Waals surface area contributed by atoms with Gasteiger partial charge in [0, 0.05) is 37.8 Å². The number of benzene rings is 1. The van der Waals surface area contributed by atoms with Crippen LogP contribution in [0.3, 0.4) is 0 Å². The molecule has 6 heteroatoms. The number of rotatable bonds is 5. The molecule has 1 aliphatic rings. The summed E-state index contributed by atoms with van der Waals surface area (Å²) in [5.41, 5.74) is 2.87. The van der Waals surface area contributed by atoms with E-state index in [0.29, 0.717) is 11.6 Å². The van der Waals surface area contributed by atoms with Gasteiger partial charge in [-0.1, -0.05) is 18.2 Å². The zero-order valence-electron chi connectivity index (χ0n) is 17.9. The summed E-state index contributed by atoms with van der Waals surface area (Å²) in [6.07, 6.45) is 5.58. The van der Waals surface area contributed by atoms with E-state index in [1.54, 1.807) is 6.20 Å². The maximum atomic E-state index is 12.5. The smallest absolute Gasteiger partial charge is 0.253 e. The number of carbonyl (C=O) groups excluding carboxylic acids is 1. The van der Waals surface area contributed by atoms with Crippen LogP contribution < -0.4 is 15.5 Å². The first-order valence-corrected chi connectivity index (χ1v) is 10.6. The number of aryl methyl sites for hydroxylation is 1. The third kappa shape index (κ3) is 4.53. The predicted molar refractivity (Wildman–Crippen MR) is 122 cm³/mol. The minimum Gasteiger partial charge on any atom is -0.367 e. The maximum Gasteiger partial charge on any atom is 0.253 e. The third-order valence-corrected chi connectivity index (χ3v) is 5.81. The number of pyridine rings is 2. The van der Waals surface area contributed by atoms with E-state index in [0.717, 1.165) is 42.8 Å². The normalized spacial score (nSPS) is 18.8. The van der Waals surface area contributed by atoms with Gasteiger partial charge >= 0.3 is 0 Å². The first-order valence-electron chi connectivity index (χ1n) is 10.6. The fraction of sp³-hybridized carbons (Fsp3) is 0.375. The zero-order valence-corrected chi connectivity index (χ0v) is 17.9. The Morgan fingerprint density at radius 2 is 1.77 bits per heavy atom. The highest BCUT2D eigenvalue weighted by Crippen LogP contribution is 2.25. The van der Waals surface area contributed by atoms with Gasteiger partial charge < -0.3 is 15.5 Å². The van der Waals surface area contributed by atoms with Crippen LogP contribution in [0.2, 0.25) is 0 Å². The monoisotopic (exact) mass is 403 g/mol. The van der Waals surface area contributed by atoms with Gasteiger partial charge in [0.25, 0.3) is 5.91 Å². The number of hydrogen-bond donors (Lipinski definition) is 2. The SMILES string of the molecule is Cc1cc(N[C@H]2CC[C@@H](NC(=O)c3ccc(N(C)C)nc3)CC2)nc2ccccc12. The Morgan fingerprint density at radius 3 is 2.47 bits per heavy atom. The number of hydrogen-bond acceptors (Lipinski definition) is 5. The van der Waals surface area contributed by atoms with E-state index >= 15 is 0 Å². The van der Waals surface area contributed by atoms with Crippen LogP contribution in [0.1, 0.15) is 41.6 Å². The molecule has 4 rings (SSSR count). The maximum absolute atomic E-state index is 12.5. The highest BCUT2D eigenvalue weighted by atomic mass is 16.1. The minimum atomic E-state index is -0.0453. The zero-order chi connectivity index (χ0) is 21.1. The summed E-state index contributed by atoms with van der Waals surface area (Å²) in [6.45, 7) is 2.13. The lowest BCUT2D eigenvalue weighted by molar-refractivity contribution is 0.0926. The Balaban J connectivity index is 1.31. The number of nitrogens with one attached hydrogen (secondary N) is 2. The lowest BCUT2D eigenvalue weighted by Crippen LogP contribution is -2.40. The molecule has 1 aliphatic carbocycles. The molecule has 1 saturated carbocycles. The number of carbonyl (C=O) groups is 1. The van der Waals surface area contributed by atoms with Crippen LogP contribution in [0.25, 0.3) is 10.9 Å². The second kappa shape index (κ2) is 8.69. The highest BCUT2D eigenvalue weighted by molar-refractivity contribution is 5.94. The van der Waals surface area contributed by atoms with Gasteiger partial charge in [-0.25, -0.2) is 9.97 Å². The molecule has 0 unspecified atom stereocenters. The van der Waals surface area contributed by atoms with Crippen molar-refractivity contribution in [1.29, 1.82) is 0 Å². The van der Waals surface area contributed by atoms with E-state index in [1.165, 1.54) is 10.9 Å². The van der Waals surface area contributed by atoms with Crippen LogP contribution in [0.5, 0.6) is 0 Å². The van der Waals surface area contributed by atoms with Crippen molar-refractivity contribution in [3.8, 4) is 0 Å². The van der Waals surface area contributed by atoms with Gasteiger partial charge in [-0.2, -0.15) is 0 Å². The van der Waals surface area contributed by atoms with Gasteiger partial charge in [0.15, 0.2) is 0 Å². The van der Waals surface area contributed by atoms with Gasteiger partial charge in [0.2, 0.25) is 0 Å². The predicted octanol–water partition coefficient (Wildman–Crippen LogP) is 4.16. The fourth-order valence-corrected chi connectivity index (χ4v) is 4.07. The molecule has 0 spiro atoms. The van der Waals surface area contributed by atoms with E-state index in [2.05, 4.69) is 40.7 Å². The van der Waals surface area contributed by atoms with Crippen molar-refractivity contribution >= 4 is 28.4 Å². The molecule has 6 nitrogen and oxygen atoms in total. The topological polar surface area (TPSA) is 70.2 Å². The van der Waals surface area contributed by atoms with E-state index in [1.807, 2.05) is 43.3 Å². The van der Waals surface area contributed by atoms with Gasteiger partial charge in [0.1, 0.15) is 11.6 Å². The highest BCUT2D eigenvalue weighted by Gasteiger charge is 2.23. The summed E-state index contributed by atoms with van der Waals surface area (Å²) in [4.78, 5) is 23.6. The third-order valence-electron chi connectivity index (χ3n) is 5.81. The molecule has 1 fully saturated rings. The standard InChI is InChI=1S/C24H29N5O/c1-16-14-22(28-21-7-5-4-6-20(16)21)26-18-9-11-19(12-10-18)27-24(30)17-8-13-23(25-15-17)29(2)3/h4-8,13-15,18-19H,9-12H2,1-3H3,(H,26,28)(H,27,30)/t18-,19+. The van der Waals surface area contributed by atoms with Crippen LogP contribution in [0, 0.1) is 6.92 Å². The number of aromatic nitrogens is 2. The first-order chi connectivity index (χ1) is 14.5.